The molecule has 0 aliphatic carbocycles. The largest absolute Gasteiger partial charge is 0.450 e. The van der Waals surface area contributed by atoms with Crippen LogP contribution in [-0.2, 0) is 6.54 Å². The van der Waals surface area contributed by atoms with Crippen molar-refractivity contribution in [1.29, 1.82) is 0 Å². The maximum Gasteiger partial charge on any atom is 0.289 e. The molecule has 2 aromatic carbocycles. The fourth-order valence-corrected chi connectivity index (χ4v) is 3.16. The van der Waals surface area contributed by atoms with Gasteiger partial charge < -0.3 is 9.32 Å². The highest BCUT2D eigenvalue weighted by Gasteiger charge is 2.22. The van der Waals surface area contributed by atoms with Gasteiger partial charge in [-0.15, -0.1) is 0 Å². The zero-order valence-corrected chi connectivity index (χ0v) is 14.2. The summed E-state index contributed by atoms with van der Waals surface area (Å²) in [5.74, 6) is 0.289. The second-order valence-electron chi connectivity index (χ2n) is 6.24. The molecule has 2 heterocycles. The molecule has 0 saturated carbocycles. The molecule has 4 rings (SSSR count). The van der Waals surface area contributed by atoms with E-state index in [0.29, 0.717) is 12.3 Å². The predicted molar refractivity (Wildman–Crippen MR) is 98.5 cm³/mol. The average Bonchev–Trinajstić information content (AvgIpc) is 2.99. The van der Waals surface area contributed by atoms with Crippen LogP contribution in [0, 0.1) is 6.92 Å². The van der Waals surface area contributed by atoms with Gasteiger partial charge in [-0.3, -0.25) is 9.78 Å². The van der Waals surface area contributed by atoms with Gasteiger partial charge in [0, 0.05) is 42.3 Å². The summed E-state index contributed by atoms with van der Waals surface area (Å²) in [5.41, 5.74) is 2.69. The molecule has 1 amide bonds. The molecule has 0 unspecified atom stereocenters. The number of carbonyl (C=O) groups excluding carboxylic acids is 1. The van der Waals surface area contributed by atoms with Gasteiger partial charge in [-0.2, -0.15) is 0 Å². The van der Waals surface area contributed by atoms with Crippen LogP contribution in [0.2, 0.25) is 0 Å². The highest BCUT2D eigenvalue weighted by molar-refractivity contribution is 6.08. The highest BCUT2D eigenvalue weighted by Crippen LogP contribution is 2.32. The van der Waals surface area contributed by atoms with E-state index in [2.05, 4.69) is 11.1 Å². The predicted octanol–water partition coefficient (Wildman–Crippen LogP) is 4.56. The molecule has 0 atom stereocenters. The topological polar surface area (TPSA) is 46.3 Å². The maximum atomic E-state index is 12.9. The summed E-state index contributed by atoms with van der Waals surface area (Å²) in [6.07, 6.45) is 3.46. The molecule has 0 radical (unpaired) electrons. The molecule has 0 saturated heterocycles. The van der Waals surface area contributed by atoms with E-state index in [1.807, 2.05) is 49.4 Å². The first-order valence-corrected chi connectivity index (χ1v) is 8.20. The minimum atomic E-state index is -0.116. The number of benzene rings is 2. The van der Waals surface area contributed by atoms with Gasteiger partial charge in [-0.05, 0) is 30.0 Å². The Morgan fingerprint density at radius 2 is 1.80 bits per heavy atom. The number of amides is 1. The van der Waals surface area contributed by atoms with E-state index < -0.39 is 0 Å². The van der Waals surface area contributed by atoms with E-state index in [-0.39, 0.29) is 5.91 Å². The Kier molecular flexibility index (Phi) is 3.73. The van der Waals surface area contributed by atoms with E-state index in [4.69, 9.17) is 4.42 Å². The van der Waals surface area contributed by atoms with Crippen molar-refractivity contribution >= 4 is 27.6 Å². The molecule has 4 nitrogen and oxygen atoms in total. The summed E-state index contributed by atoms with van der Waals surface area (Å²) in [6.45, 7) is 2.45. The van der Waals surface area contributed by atoms with Crippen molar-refractivity contribution in [1.82, 2.24) is 9.88 Å². The fourth-order valence-electron chi connectivity index (χ4n) is 3.16. The molecule has 0 bridgehead atoms. The smallest absolute Gasteiger partial charge is 0.289 e. The van der Waals surface area contributed by atoms with Crippen molar-refractivity contribution < 1.29 is 9.21 Å². The van der Waals surface area contributed by atoms with Crippen LogP contribution < -0.4 is 0 Å². The lowest BCUT2D eigenvalue weighted by molar-refractivity contribution is 0.0755. The third-order valence-corrected chi connectivity index (χ3v) is 4.54. The van der Waals surface area contributed by atoms with E-state index in [1.54, 1.807) is 24.3 Å². The molecule has 25 heavy (non-hydrogen) atoms. The molecule has 0 spiro atoms. The molecule has 124 valence electrons. The Balaban J connectivity index is 1.74. The Labute approximate surface area is 145 Å². The molecule has 2 aromatic heterocycles. The van der Waals surface area contributed by atoms with Crippen molar-refractivity contribution in [2.75, 3.05) is 7.05 Å². The van der Waals surface area contributed by atoms with E-state index in [0.717, 1.165) is 32.9 Å². The van der Waals surface area contributed by atoms with E-state index >= 15 is 0 Å². The first kappa shape index (κ1) is 15.4. The van der Waals surface area contributed by atoms with Crippen molar-refractivity contribution in [2.24, 2.45) is 0 Å². The van der Waals surface area contributed by atoms with Gasteiger partial charge in [0.15, 0.2) is 5.76 Å². The fraction of sp³-hybridized carbons (Fsp3) is 0.143. The minimum Gasteiger partial charge on any atom is -0.450 e. The van der Waals surface area contributed by atoms with Crippen molar-refractivity contribution in [3.8, 4) is 0 Å². The van der Waals surface area contributed by atoms with Gasteiger partial charge in [0.05, 0.1) is 0 Å². The SMILES string of the molecule is Cc1c(C(=O)N(C)Cc2ccncc2)oc2c1ccc1ccccc12. The number of furan rings is 1. The highest BCUT2D eigenvalue weighted by atomic mass is 16.3. The third-order valence-electron chi connectivity index (χ3n) is 4.54. The number of rotatable bonds is 3. The summed E-state index contributed by atoms with van der Waals surface area (Å²) in [5, 5.41) is 3.12. The molecule has 4 aromatic rings. The molecule has 0 N–H and O–H groups in total. The quantitative estimate of drug-likeness (QED) is 0.553. The lowest BCUT2D eigenvalue weighted by Crippen LogP contribution is -2.26. The Morgan fingerprint density at radius 1 is 1.04 bits per heavy atom. The number of aromatic nitrogens is 1. The Bertz CT molecular complexity index is 1070. The van der Waals surface area contributed by atoms with Crippen molar-refractivity contribution in [2.45, 2.75) is 13.5 Å². The van der Waals surface area contributed by atoms with Gasteiger partial charge in [0.1, 0.15) is 5.58 Å². The first-order chi connectivity index (χ1) is 12.1. The van der Waals surface area contributed by atoms with Crippen LogP contribution in [0.3, 0.4) is 0 Å². The Morgan fingerprint density at radius 3 is 2.60 bits per heavy atom. The molecule has 0 aliphatic rings. The Hall–Kier alpha value is -3.14. The van der Waals surface area contributed by atoms with Crippen LogP contribution in [0.1, 0.15) is 21.7 Å². The lowest BCUT2D eigenvalue weighted by Gasteiger charge is -2.16. The summed E-state index contributed by atoms with van der Waals surface area (Å²) in [6, 6.07) is 15.9. The van der Waals surface area contributed by atoms with Crippen molar-refractivity contribution in [3.63, 3.8) is 0 Å². The number of aryl methyl sites for hydroxylation is 1. The number of hydrogen-bond donors (Lipinski definition) is 0. The minimum absolute atomic E-state index is 0.116. The summed E-state index contributed by atoms with van der Waals surface area (Å²) < 4.78 is 6.03. The second kappa shape index (κ2) is 6.06. The molecule has 0 aliphatic heterocycles. The van der Waals surface area contributed by atoms with Crippen LogP contribution >= 0.6 is 0 Å². The van der Waals surface area contributed by atoms with E-state index in [9.17, 15) is 4.79 Å². The molecular weight excluding hydrogens is 312 g/mol. The molecule has 0 fully saturated rings. The van der Waals surface area contributed by atoms with Crippen LogP contribution in [-0.4, -0.2) is 22.8 Å². The van der Waals surface area contributed by atoms with Gasteiger partial charge in [0.25, 0.3) is 5.91 Å². The van der Waals surface area contributed by atoms with Gasteiger partial charge >= 0.3 is 0 Å². The van der Waals surface area contributed by atoms with Gasteiger partial charge in [-0.25, -0.2) is 0 Å². The number of pyridine rings is 1. The normalized spacial score (nSPS) is 11.1. The van der Waals surface area contributed by atoms with Crippen LogP contribution in [0.5, 0.6) is 0 Å². The lowest BCUT2D eigenvalue weighted by atomic mass is 10.1. The van der Waals surface area contributed by atoms with Crippen LogP contribution in [0.15, 0.2) is 65.3 Å². The summed E-state index contributed by atoms with van der Waals surface area (Å²) in [7, 11) is 1.79. The van der Waals surface area contributed by atoms with Crippen LogP contribution in [0.25, 0.3) is 21.7 Å². The molecule has 4 heteroatoms. The first-order valence-electron chi connectivity index (χ1n) is 8.20. The third kappa shape index (κ3) is 2.66. The van der Waals surface area contributed by atoms with Gasteiger partial charge in [-0.1, -0.05) is 36.4 Å². The summed E-state index contributed by atoms with van der Waals surface area (Å²) in [4.78, 5) is 18.6. The number of hydrogen-bond acceptors (Lipinski definition) is 3. The monoisotopic (exact) mass is 330 g/mol. The van der Waals surface area contributed by atoms with Crippen LogP contribution in [0.4, 0.5) is 0 Å². The average molecular weight is 330 g/mol. The molecular formula is C21H18N2O2. The number of carbonyl (C=O) groups is 1. The number of nitrogens with zero attached hydrogens (tertiary/aromatic N) is 2. The summed E-state index contributed by atoms with van der Waals surface area (Å²) >= 11 is 0. The van der Waals surface area contributed by atoms with E-state index in [1.165, 1.54) is 0 Å². The maximum absolute atomic E-state index is 12.9. The second-order valence-corrected chi connectivity index (χ2v) is 6.24. The standard InChI is InChI=1S/C21H18N2O2/c1-14-17-8-7-16-5-3-4-6-18(16)20(17)25-19(14)21(24)23(2)13-15-9-11-22-12-10-15/h3-12H,13H2,1-2H3. The zero-order chi connectivity index (χ0) is 17.4. The zero-order valence-electron chi connectivity index (χ0n) is 14.2. The van der Waals surface area contributed by atoms with Crippen molar-refractivity contribution in [3.05, 3.63) is 77.8 Å². The van der Waals surface area contributed by atoms with Gasteiger partial charge in [0.2, 0.25) is 0 Å². The number of fused-ring (bicyclic) bond motifs is 3.